The molecule has 3 heterocycles. The summed E-state index contributed by atoms with van der Waals surface area (Å²) in [6.07, 6.45) is 1.93. The number of unbranched alkanes of at least 4 members (excludes halogenated alkanes) is 1. The van der Waals surface area contributed by atoms with E-state index in [1.54, 1.807) is 16.7 Å². The molecule has 37 heavy (non-hydrogen) atoms. The number of halogens is 1. The van der Waals surface area contributed by atoms with Gasteiger partial charge in [0.05, 0.1) is 22.4 Å². The van der Waals surface area contributed by atoms with Crippen LogP contribution in [0.4, 0.5) is 10.1 Å². The van der Waals surface area contributed by atoms with Crippen LogP contribution in [0.5, 0.6) is 11.5 Å². The van der Waals surface area contributed by atoms with Crippen LogP contribution >= 0.6 is 0 Å². The van der Waals surface area contributed by atoms with Gasteiger partial charge in [0.1, 0.15) is 19.0 Å². The summed E-state index contributed by atoms with van der Waals surface area (Å²) in [5.74, 6) is 1.39. The fraction of sp³-hybridized carbons (Fsp3) is 0.345. The van der Waals surface area contributed by atoms with Gasteiger partial charge in [0, 0.05) is 32.7 Å². The number of benzene rings is 3. The van der Waals surface area contributed by atoms with E-state index in [1.807, 2.05) is 41.0 Å². The van der Waals surface area contributed by atoms with Crippen molar-refractivity contribution in [2.24, 2.45) is 0 Å². The van der Waals surface area contributed by atoms with Crippen LogP contribution in [-0.4, -0.2) is 60.0 Å². The van der Waals surface area contributed by atoms with E-state index in [-0.39, 0.29) is 11.5 Å². The molecule has 0 bridgehead atoms. The molecule has 1 saturated heterocycles. The van der Waals surface area contributed by atoms with Crippen LogP contribution in [-0.2, 0) is 6.54 Å². The highest BCUT2D eigenvalue weighted by molar-refractivity contribution is 5.78. The molecule has 2 aliphatic heterocycles. The van der Waals surface area contributed by atoms with Crippen LogP contribution in [0.15, 0.2) is 71.5 Å². The van der Waals surface area contributed by atoms with Crippen LogP contribution in [0, 0.1) is 5.82 Å². The van der Waals surface area contributed by atoms with E-state index in [4.69, 9.17) is 9.47 Å². The van der Waals surface area contributed by atoms with E-state index in [0.717, 1.165) is 73.8 Å². The van der Waals surface area contributed by atoms with Crippen molar-refractivity contribution >= 4 is 16.7 Å². The highest BCUT2D eigenvalue weighted by Crippen LogP contribution is 2.39. The second kappa shape index (κ2) is 10.3. The number of para-hydroxylation sites is 3. The van der Waals surface area contributed by atoms with Crippen LogP contribution in [0.25, 0.3) is 16.7 Å². The van der Waals surface area contributed by atoms with E-state index in [1.165, 1.54) is 12.1 Å². The lowest BCUT2D eigenvalue weighted by atomic mass is 10.2. The van der Waals surface area contributed by atoms with E-state index in [0.29, 0.717) is 25.4 Å². The number of fused-ring (bicyclic) bond motifs is 2. The molecule has 6 rings (SSSR count). The van der Waals surface area contributed by atoms with E-state index >= 15 is 0 Å². The summed E-state index contributed by atoms with van der Waals surface area (Å²) >= 11 is 0. The first kappa shape index (κ1) is 23.6. The first-order chi connectivity index (χ1) is 18.2. The van der Waals surface area contributed by atoms with Gasteiger partial charge in [-0.2, -0.15) is 0 Å². The second-order valence-electron chi connectivity index (χ2n) is 9.57. The molecule has 0 atom stereocenters. The monoisotopic (exact) mass is 502 g/mol. The van der Waals surface area contributed by atoms with Crippen molar-refractivity contribution in [3.63, 3.8) is 0 Å². The maximum Gasteiger partial charge on any atom is 0.333 e. The zero-order chi connectivity index (χ0) is 25.2. The Bertz CT molecular complexity index is 1440. The van der Waals surface area contributed by atoms with Crippen LogP contribution in [0.3, 0.4) is 0 Å². The Morgan fingerprint density at radius 1 is 0.757 bits per heavy atom. The Kier molecular flexibility index (Phi) is 6.57. The molecule has 0 radical (unpaired) electrons. The number of piperazine rings is 1. The lowest BCUT2D eigenvalue weighted by Gasteiger charge is -2.37. The minimum Gasteiger partial charge on any atom is -0.486 e. The second-order valence-corrected chi connectivity index (χ2v) is 9.57. The van der Waals surface area contributed by atoms with E-state index < -0.39 is 0 Å². The van der Waals surface area contributed by atoms with Gasteiger partial charge in [-0.25, -0.2) is 9.18 Å². The van der Waals surface area contributed by atoms with Crippen molar-refractivity contribution in [3.05, 3.63) is 83.0 Å². The summed E-state index contributed by atoms with van der Waals surface area (Å²) in [6.45, 7) is 6.74. The molecule has 1 aromatic heterocycles. The first-order valence-electron chi connectivity index (χ1n) is 13.0. The van der Waals surface area contributed by atoms with Crippen molar-refractivity contribution < 1.29 is 13.9 Å². The molecule has 4 aromatic rings. The van der Waals surface area contributed by atoms with Gasteiger partial charge in [-0.15, -0.1) is 0 Å². The minimum atomic E-state index is -0.313. The Morgan fingerprint density at radius 2 is 1.49 bits per heavy atom. The summed E-state index contributed by atoms with van der Waals surface area (Å²) in [5.41, 5.74) is 3.46. The topological polar surface area (TPSA) is 51.9 Å². The van der Waals surface area contributed by atoms with Crippen LogP contribution in [0.1, 0.15) is 12.8 Å². The average Bonchev–Trinajstić information content (AvgIpc) is 3.22. The highest BCUT2D eigenvalue weighted by Gasteiger charge is 2.23. The number of rotatable bonds is 7. The normalized spacial score (nSPS) is 15.9. The molecule has 0 saturated carbocycles. The van der Waals surface area contributed by atoms with Gasteiger partial charge in [0.25, 0.3) is 0 Å². The Balaban J connectivity index is 1.06. The summed E-state index contributed by atoms with van der Waals surface area (Å²) in [4.78, 5) is 18.2. The molecule has 0 unspecified atom stereocenters. The SMILES string of the molecule is O=c1n(CCCCN2CCN(c3cccc4c3OCCO4)CC2)c2ccccc2n1-c1ccc(F)cc1. The van der Waals surface area contributed by atoms with Crippen molar-refractivity contribution in [1.29, 1.82) is 0 Å². The smallest absolute Gasteiger partial charge is 0.333 e. The minimum absolute atomic E-state index is 0.0844. The lowest BCUT2D eigenvalue weighted by molar-refractivity contribution is 0.171. The predicted octanol–water partition coefficient (Wildman–Crippen LogP) is 4.30. The van der Waals surface area contributed by atoms with Crippen molar-refractivity contribution in [1.82, 2.24) is 14.0 Å². The maximum absolute atomic E-state index is 13.4. The maximum atomic E-state index is 13.4. The Labute approximate surface area is 215 Å². The van der Waals surface area contributed by atoms with Crippen LogP contribution < -0.4 is 20.1 Å². The number of hydrogen-bond acceptors (Lipinski definition) is 5. The van der Waals surface area contributed by atoms with E-state index in [2.05, 4.69) is 15.9 Å². The highest BCUT2D eigenvalue weighted by atomic mass is 19.1. The molecular weight excluding hydrogens is 471 g/mol. The predicted molar refractivity (Wildman–Crippen MR) is 143 cm³/mol. The van der Waals surface area contributed by atoms with Gasteiger partial charge in [0.15, 0.2) is 11.5 Å². The molecule has 3 aromatic carbocycles. The molecule has 192 valence electrons. The number of aromatic nitrogens is 2. The Morgan fingerprint density at radius 3 is 2.30 bits per heavy atom. The summed E-state index contributed by atoms with van der Waals surface area (Å²) in [5, 5.41) is 0. The number of ether oxygens (including phenoxy) is 2. The fourth-order valence-corrected chi connectivity index (χ4v) is 5.39. The average molecular weight is 503 g/mol. The zero-order valence-corrected chi connectivity index (χ0v) is 20.8. The third-order valence-electron chi connectivity index (χ3n) is 7.28. The van der Waals surface area contributed by atoms with Crippen molar-refractivity contribution in [3.8, 4) is 17.2 Å². The number of aryl methyl sites for hydroxylation is 1. The number of hydrogen-bond donors (Lipinski definition) is 0. The van der Waals surface area contributed by atoms with Crippen molar-refractivity contribution in [2.75, 3.05) is 50.8 Å². The number of anilines is 1. The quantitative estimate of drug-likeness (QED) is 0.353. The molecule has 0 amide bonds. The summed E-state index contributed by atoms with van der Waals surface area (Å²) in [6, 6.07) is 20.0. The van der Waals surface area contributed by atoms with Crippen LogP contribution in [0.2, 0.25) is 0 Å². The van der Waals surface area contributed by atoms with Gasteiger partial charge in [-0.1, -0.05) is 18.2 Å². The molecule has 0 aliphatic carbocycles. The standard InChI is InChI=1S/C29H31FN4O3/c30-22-10-12-23(13-11-22)34-25-7-2-1-6-24(25)33(29(34)35)15-4-3-14-31-16-18-32(19-17-31)26-8-5-9-27-28(26)37-21-20-36-27/h1-2,5-13H,3-4,14-21H2. The first-order valence-corrected chi connectivity index (χ1v) is 13.0. The number of nitrogens with zero attached hydrogens (tertiary/aromatic N) is 4. The summed E-state index contributed by atoms with van der Waals surface area (Å²) in [7, 11) is 0. The van der Waals surface area contributed by atoms with Gasteiger partial charge in [-0.05, 0) is 67.9 Å². The number of imidazole rings is 1. The van der Waals surface area contributed by atoms with Gasteiger partial charge < -0.3 is 14.4 Å². The van der Waals surface area contributed by atoms with Crippen molar-refractivity contribution in [2.45, 2.75) is 19.4 Å². The zero-order valence-electron chi connectivity index (χ0n) is 20.8. The molecule has 7 nitrogen and oxygen atoms in total. The molecule has 0 spiro atoms. The third kappa shape index (κ3) is 4.69. The lowest BCUT2D eigenvalue weighted by Crippen LogP contribution is -2.46. The largest absolute Gasteiger partial charge is 0.486 e. The Hall–Kier alpha value is -3.78. The summed E-state index contributed by atoms with van der Waals surface area (Å²) < 4.78 is 28.6. The van der Waals surface area contributed by atoms with Gasteiger partial charge in [-0.3, -0.25) is 14.0 Å². The van der Waals surface area contributed by atoms with E-state index in [9.17, 15) is 9.18 Å². The molecule has 2 aliphatic rings. The van der Waals surface area contributed by atoms with Gasteiger partial charge >= 0.3 is 5.69 Å². The molecule has 1 fully saturated rings. The molecule has 8 heteroatoms. The molecular formula is C29H31FN4O3. The van der Waals surface area contributed by atoms with Gasteiger partial charge in [0.2, 0.25) is 0 Å². The fourth-order valence-electron chi connectivity index (χ4n) is 5.39. The molecule has 0 N–H and O–H groups in total. The third-order valence-corrected chi connectivity index (χ3v) is 7.28.